The van der Waals surface area contributed by atoms with Crippen LogP contribution in [0.1, 0.15) is 42.3 Å². The van der Waals surface area contributed by atoms with Crippen LogP contribution in [0.25, 0.3) is 5.78 Å². The summed E-state index contributed by atoms with van der Waals surface area (Å²) < 4.78 is 4.80. The number of hydrogen-bond donors (Lipinski definition) is 2. The summed E-state index contributed by atoms with van der Waals surface area (Å²) in [7, 11) is 0. The minimum Gasteiger partial charge on any atom is -0.322 e. The molecular weight excluding hydrogens is 380 g/mol. The monoisotopic (exact) mass is 412 g/mol. The van der Waals surface area contributed by atoms with E-state index < -0.39 is 0 Å². The summed E-state index contributed by atoms with van der Waals surface area (Å²) in [5.41, 5.74) is 4.97. The normalized spacial score (nSPS) is 19.9. The summed E-state index contributed by atoms with van der Waals surface area (Å²) in [6.45, 7) is 15.2. The third-order valence-electron chi connectivity index (χ3n) is 6.01. The van der Waals surface area contributed by atoms with E-state index in [-0.39, 0.29) is 0 Å². The van der Waals surface area contributed by atoms with E-state index in [9.17, 15) is 0 Å². The topological polar surface area (TPSA) is 44.0 Å². The fourth-order valence-electron chi connectivity index (χ4n) is 4.31. The molecule has 1 fully saturated rings. The maximum atomic E-state index is 5.54. The molecular formula is C22H32N6S+2. The molecule has 0 bridgehead atoms. The van der Waals surface area contributed by atoms with E-state index >= 15 is 0 Å². The van der Waals surface area contributed by atoms with Gasteiger partial charge in [-0.15, -0.1) is 0 Å². The van der Waals surface area contributed by atoms with Crippen LogP contribution in [0.2, 0.25) is 0 Å². The predicted octanol–water partition coefficient (Wildman–Crippen LogP) is 0.942. The summed E-state index contributed by atoms with van der Waals surface area (Å²) >= 11 is 5.54. The third kappa shape index (κ3) is 4.42. The van der Waals surface area contributed by atoms with Crippen LogP contribution < -0.4 is 9.80 Å². The highest BCUT2D eigenvalue weighted by Crippen LogP contribution is 2.14. The molecule has 0 aliphatic carbocycles. The van der Waals surface area contributed by atoms with Gasteiger partial charge in [-0.1, -0.05) is 38.1 Å². The van der Waals surface area contributed by atoms with Crippen molar-refractivity contribution in [2.75, 3.05) is 26.2 Å². The molecule has 1 saturated heterocycles. The number of fused-ring (bicyclic) bond motifs is 1. The van der Waals surface area contributed by atoms with Crippen LogP contribution in [0.3, 0.4) is 0 Å². The Kier molecular flexibility index (Phi) is 5.81. The summed E-state index contributed by atoms with van der Waals surface area (Å²) in [6.07, 6.45) is 0. The molecule has 0 radical (unpaired) electrons. The molecule has 1 aromatic carbocycles. The first-order valence-corrected chi connectivity index (χ1v) is 11.0. The molecule has 4 rings (SSSR count). The van der Waals surface area contributed by atoms with Crippen molar-refractivity contribution in [2.45, 2.75) is 46.8 Å². The van der Waals surface area contributed by atoms with E-state index in [1.165, 1.54) is 24.2 Å². The molecule has 0 unspecified atom stereocenters. The molecule has 6 nitrogen and oxygen atoms in total. The van der Waals surface area contributed by atoms with Crippen molar-refractivity contribution in [3.05, 3.63) is 57.6 Å². The second-order valence-electron chi connectivity index (χ2n) is 8.68. The Morgan fingerprint density at radius 2 is 1.66 bits per heavy atom. The van der Waals surface area contributed by atoms with Crippen molar-refractivity contribution in [3.8, 4) is 0 Å². The average Bonchev–Trinajstić information content (AvgIpc) is 2.99. The molecule has 2 aromatic heterocycles. The fourth-order valence-corrected chi connectivity index (χ4v) is 4.54. The van der Waals surface area contributed by atoms with Gasteiger partial charge in [0, 0.05) is 17.0 Å². The largest absolute Gasteiger partial charge is 0.322 e. The molecule has 3 aromatic rings. The van der Waals surface area contributed by atoms with Gasteiger partial charge in [0.25, 0.3) is 5.78 Å². The second-order valence-corrected chi connectivity index (χ2v) is 9.04. The first kappa shape index (κ1) is 20.2. The molecule has 0 saturated carbocycles. The van der Waals surface area contributed by atoms with E-state index in [0.29, 0.717) is 16.5 Å². The first-order chi connectivity index (χ1) is 13.9. The lowest BCUT2D eigenvalue weighted by Crippen LogP contribution is -3.27. The fraction of sp³-hybridized carbons (Fsp3) is 0.500. The zero-order valence-corrected chi connectivity index (χ0v) is 18.7. The van der Waals surface area contributed by atoms with Gasteiger partial charge < -0.3 is 9.80 Å². The molecule has 29 heavy (non-hydrogen) atoms. The van der Waals surface area contributed by atoms with E-state index in [2.05, 4.69) is 70.3 Å². The van der Waals surface area contributed by atoms with E-state index in [1.807, 2.05) is 6.92 Å². The minimum atomic E-state index is 0.595. The van der Waals surface area contributed by atoms with Crippen molar-refractivity contribution in [1.29, 1.82) is 0 Å². The molecule has 0 amide bonds. The van der Waals surface area contributed by atoms with E-state index in [1.54, 1.807) is 9.80 Å². The van der Waals surface area contributed by atoms with Gasteiger partial charge in [-0.2, -0.15) is 4.98 Å². The van der Waals surface area contributed by atoms with Crippen LogP contribution in [0, 0.1) is 18.6 Å². The van der Waals surface area contributed by atoms with Crippen LogP contribution in [0.15, 0.2) is 30.3 Å². The molecule has 0 spiro atoms. The Hall–Kier alpha value is -2.09. The maximum Gasteiger partial charge on any atom is 0.252 e. The highest BCUT2D eigenvalue weighted by molar-refractivity contribution is 7.71. The number of aryl methyl sites for hydroxylation is 2. The molecule has 0 atom stereocenters. The first-order valence-electron chi connectivity index (χ1n) is 10.6. The number of aromatic nitrogens is 4. The van der Waals surface area contributed by atoms with Crippen molar-refractivity contribution in [1.82, 2.24) is 19.2 Å². The quantitative estimate of drug-likeness (QED) is 0.613. The van der Waals surface area contributed by atoms with Crippen molar-refractivity contribution in [2.24, 2.45) is 0 Å². The number of piperazine rings is 1. The van der Waals surface area contributed by atoms with E-state index in [4.69, 9.17) is 12.2 Å². The lowest BCUT2D eigenvalue weighted by Gasteiger charge is -2.30. The van der Waals surface area contributed by atoms with Gasteiger partial charge in [0.05, 0.1) is 0 Å². The molecule has 1 aliphatic rings. The van der Waals surface area contributed by atoms with Crippen LogP contribution >= 0.6 is 12.2 Å². The number of benzene rings is 1. The molecule has 3 heterocycles. The Morgan fingerprint density at radius 3 is 2.31 bits per heavy atom. The SMILES string of the molecule is Cc1cc(C)n2c(n1)nc(=S)n2C[NH+]1CC[NH+](Cc2ccc(C(C)C)cc2)CC1. The Balaban J connectivity index is 1.39. The number of nitrogens with zero attached hydrogens (tertiary/aromatic N) is 4. The average molecular weight is 413 g/mol. The molecule has 1 aliphatic heterocycles. The van der Waals surface area contributed by atoms with Gasteiger partial charge in [0.2, 0.25) is 4.77 Å². The molecule has 7 heteroatoms. The van der Waals surface area contributed by atoms with E-state index in [0.717, 1.165) is 37.7 Å². The zero-order valence-electron chi connectivity index (χ0n) is 17.9. The number of quaternary nitrogens is 2. The highest BCUT2D eigenvalue weighted by atomic mass is 32.1. The van der Waals surface area contributed by atoms with Gasteiger partial charge >= 0.3 is 0 Å². The Morgan fingerprint density at radius 1 is 1.00 bits per heavy atom. The Labute approximate surface area is 177 Å². The third-order valence-corrected chi connectivity index (χ3v) is 6.32. The maximum absolute atomic E-state index is 5.54. The van der Waals surface area contributed by atoms with Crippen molar-refractivity contribution >= 4 is 18.0 Å². The van der Waals surface area contributed by atoms with Gasteiger partial charge in [-0.05, 0) is 43.6 Å². The number of rotatable bonds is 5. The van der Waals surface area contributed by atoms with Crippen molar-refractivity contribution in [3.63, 3.8) is 0 Å². The minimum absolute atomic E-state index is 0.595. The Bertz CT molecular complexity index is 1040. The summed E-state index contributed by atoms with van der Waals surface area (Å²) in [6, 6.07) is 11.3. The lowest BCUT2D eigenvalue weighted by molar-refractivity contribution is -1.03. The van der Waals surface area contributed by atoms with Gasteiger partial charge in [0.1, 0.15) is 32.7 Å². The molecule has 2 N–H and O–H groups in total. The smallest absolute Gasteiger partial charge is 0.252 e. The summed E-state index contributed by atoms with van der Waals surface area (Å²) in [5.74, 6) is 1.30. The number of nitrogens with one attached hydrogen (secondary N) is 2. The van der Waals surface area contributed by atoms with Crippen LogP contribution in [0.5, 0.6) is 0 Å². The van der Waals surface area contributed by atoms with Gasteiger partial charge in [-0.3, -0.25) is 0 Å². The summed E-state index contributed by atoms with van der Waals surface area (Å²) in [5, 5.41) is 0. The van der Waals surface area contributed by atoms with Gasteiger partial charge in [-0.25, -0.2) is 14.2 Å². The predicted molar refractivity (Wildman–Crippen MR) is 117 cm³/mol. The van der Waals surface area contributed by atoms with Crippen LogP contribution in [-0.2, 0) is 13.2 Å². The van der Waals surface area contributed by atoms with Crippen LogP contribution in [-0.4, -0.2) is 45.3 Å². The lowest BCUT2D eigenvalue weighted by atomic mass is 10.0. The second kappa shape index (κ2) is 8.34. The number of hydrogen-bond acceptors (Lipinski definition) is 3. The van der Waals surface area contributed by atoms with Crippen molar-refractivity contribution < 1.29 is 9.80 Å². The zero-order chi connectivity index (χ0) is 20.5. The summed E-state index contributed by atoms with van der Waals surface area (Å²) in [4.78, 5) is 12.3. The highest BCUT2D eigenvalue weighted by Gasteiger charge is 2.24. The standard InChI is InChI=1S/C22H30N6S/c1-16(2)20-7-5-19(6-8-20)14-25-9-11-26(12-10-25)15-27-22(29)24-21-23-17(3)13-18(4)28(21)27/h5-8,13,16H,9-12,14-15H2,1-4H3/p+2. The molecule has 154 valence electrons. The van der Waals surface area contributed by atoms with Gasteiger partial charge in [0.15, 0.2) is 6.67 Å². The van der Waals surface area contributed by atoms with Crippen LogP contribution in [0.4, 0.5) is 0 Å².